The Morgan fingerprint density at radius 1 is 1.05 bits per heavy atom. The van der Waals surface area contributed by atoms with Crippen LogP contribution in [0, 0.1) is 0 Å². The fourth-order valence-electron chi connectivity index (χ4n) is 2.40. The topological polar surface area (TPSA) is 52.9 Å². The van der Waals surface area contributed by atoms with Crippen molar-refractivity contribution in [3.8, 4) is 11.5 Å². The summed E-state index contributed by atoms with van der Waals surface area (Å²) in [5, 5.41) is 19.2. The van der Waals surface area contributed by atoms with Crippen LogP contribution in [0.1, 0.15) is 11.1 Å². The summed E-state index contributed by atoms with van der Waals surface area (Å²) in [7, 11) is 1.61. The Balaban J connectivity index is 2.02. The van der Waals surface area contributed by atoms with E-state index in [4.69, 9.17) is 4.74 Å². The van der Waals surface area contributed by atoms with Crippen LogP contribution < -0.4 is 4.74 Å². The van der Waals surface area contributed by atoms with Gasteiger partial charge in [0.15, 0.2) is 0 Å². The zero-order valence-electron chi connectivity index (χ0n) is 12.9. The maximum atomic E-state index is 9.99. The first kappa shape index (κ1) is 16.3. The summed E-state index contributed by atoms with van der Waals surface area (Å²) < 4.78 is 5.20. The number of rotatable bonds is 8. The van der Waals surface area contributed by atoms with Crippen molar-refractivity contribution >= 4 is 0 Å². The lowest BCUT2D eigenvalue weighted by atomic mass is 10.1. The molecule has 0 heterocycles. The van der Waals surface area contributed by atoms with Gasteiger partial charge in [-0.1, -0.05) is 30.3 Å². The third kappa shape index (κ3) is 4.76. The molecule has 2 N–H and O–H groups in total. The van der Waals surface area contributed by atoms with Gasteiger partial charge in [-0.05, 0) is 30.2 Å². The number of phenols is 1. The number of hydrogen-bond acceptors (Lipinski definition) is 4. The minimum absolute atomic E-state index is 0.0967. The molecule has 0 atom stereocenters. The van der Waals surface area contributed by atoms with E-state index in [1.54, 1.807) is 19.2 Å². The number of benzene rings is 2. The molecule has 0 aliphatic rings. The molecule has 0 bridgehead atoms. The minimum atomic E-state index is 0.0967. The summed E-state index contributed by atoms with van der Waals surface area (Å²) in [5.41, 5.74) is 2.07. The van der Waals surface area contributed by atoms with E-state index >= 15 is 0 Å². The number of phenolic OH excluding ortho intramolecular Hbond substituents is 1. The van der Waals surface area contributed by atoms with Crippen LogP contribution in [-0.4, -0.2) is 41.9 Å². The Morgan fingerprint density at radius 3 is 2.50 bits per heavy atom. The van der Waals surface area contributed by atoms with Crippen molar-refractivity contribution in [3.05, 3.63) is 59.7 Å². The smallest absolute Gasteiger partial charge is 0.120 e. The molecule has 4 heteroatoms. The molecule has 0 saturated carbocycles. The first-order valence-electron chi connectivity index (χ1n) is 7.46. The van der Waals surface area contributed by atoms with Crippen LogP contribution in [0.3, 0.4) is 0 Å². The van der Waals surface area contributed by atoms with Crippen LogP contribution >= 0.6 is 0 Å². The molecule has 0 unspecified atom stereocenters. The first-order chi connectivity index (χ1) is 10.7. The molecule has 2 aromatic carbocycles. The number of aliphatic hydroxyl groups is 1. The Hall–Kier alpha value is -2.04. The van der Waals surface area contributed by atoms with Crippen molar-refractivity contribution in [2.45, 2.75) is 13.0 Å². The van der Waals surface area contributed by atoms with Crippen molar-refractivity contribution in [3.63, 3.8) is 0 Å². The highest BCUT2D eigenvalue weighted by molar-refractivity contribution is 5.39. The molecule has 2 rings (SSSR count). The first-order valence-corrected chi connectivity index (χ1v) is 7.46. The molecule has 0 saturated heterocycles. The number of methoxy groups -OCH3 is 1. The normalized spacial score (nSPS) is 10.9. The van der Waals surface area contributed by atoms with E-state index in [2.05, 4.69) is 17.0 Å². The van der Waals surface area contributed by atoms with Crippen molar-refractivity contribution < 1.29 is 14.9 Å². The SMILES string of the molecule is COc1ccc(O)c(CN(CCO)CCc2ccccc2)c1. The van der Waals surface area contributed by atoms with Crippen molar-refractivity contribution in [2.24, 2.45) is 0 Å². The van der Waals surface area contributed by atoms with Crippen LogP contribution in [0.15, 0.2) is 48.5 Å². The molecule has 4 nitrogen and oxygen atoms in total. The summed E-state index contributed by atoms with van der Waals surface area (Å²) in [6.07, 6.45) is 0.908. The van der Waals surface area contributed by atoms with Gasteiger partial charge in [0.25, 0.3) is 0 Å². The number of ether oxygens (including phenoxy) is 1. The Bertz CT molecular complexity index is 572. The highest BCUT2D eigenvalue weighted by Crippen LogP contribution is 2.24. The summed E-state index contributed by atoms with van der Waals surface area (Å²) in [4.78, 5) is 2.13. The Labute approximate surface area is 131 Å². The van der Waals surface area contributed by atoms with Crippen molar-refractivity contribution in [2.75, 3.05) is 26.8 Å². The molecule has 22 heavy (non-hydrogen) atoms. The third-order valence-electron chi connectivity index (χ3n) is 3.66. The van der Waals surface area contributed by atoms with E-state index in [0.29, 0.717) is 13.1 Å². The van der Waals surface area contributed by atoms with Gasteiger partial charge in [-0.15, -0.1) is 0 Å². The second-order valence-corrected chi connectivity index (χ2v) is 5.23. The lowest BCUT2D eigenvalue weighted by Gasteiger charge is -2.22. The van der Waals surface area contributed by atoms with Gasteiger partial charge in [0.05, 0.1) is 13.7 Å². The molecule has 0 fully saturated rings. The fourth-order valence-corrected chi connectivity index (χ4v) is 2.40. The van der Waals surface area contributed by atoms with Crippen LogP contribution in [0.25, 0.3) is 0 Å². The zero-order valence-corrected chi connectivity index (χ0v) is 12.9. The van der Waals surface area contributed by atoms with Crippen LogP contribution in [-0.2, 0) is 13.0 Å². The van der Waals surface area contributed by atoms with Crippen molar-refractivity contribution in [1.29, 1.82) is 0 Å². The number of hydrogen-bond donors (Lipinski definition) is 2. The van der Waals surface area contributed by atoms with Gasteiger partial charge < -0.3 is 14.9 Å². The number of aromatic hydroxyl groups is 1. The quantitative estimate of drug-likeness (QED) is 0.786. The van der Waals surface area contributed by atoms with E-state index in [0.717, 1.165) is 24.3 Å². The highest BCUT2D eigenvalue weighted by Gasteiger charge is 2.10. The highest BCUT2D eigenvalue weighted by atomic mass is 16.5. The standard InChI is InChI=1S/C18H23NO3/c1-22-17-7-8-18(21)16(13-17)14-19(11-12-20)10-9-15-5-3-2-4-6-15/h2-8,13,20-21H,9-12,14H2,1H3. The van der Waals surface area contributed by atoms with E-state index in [9.17, 15) is 10.2 Å². The maximum Gasteiger partial charge on any atom is 0.120 e. The van der Waals surface area contributed by atoms with E-state index in [-0.39, 0.29) is 12.4 Å². The summed E-state index contributed by atoms with van der Waals surface area (Å²) >= 11 is 0. The van der Waals surface area contributed by atoms with Crippen LogP contribution in [0.5, 0.6) is 11.5 Å². The summed E-state index contributed by atoms with van der Waals surface area (Å²) in [6.45, 7) is 2.07. The Kier molecular flexibility index (Phi) is 6.25. The minimum Gasteiger partial charge on any atom is -0.508 e. The predicted molar refractivity (Wildman–Crippen MR) is 87.2 cm³/mol. The molecule has 0 aromatic heterocycles. The summed E-state index contributed by atoms with van der Waals surface area (Å²) in [6, 6.07) is 15.5. The Morgan fingerprint density at radius 2 is 1.82 bits per heavy atom. The van der Waals surface area contributed by atoms with E-state index in [1.165, 1.54) is 5.56 Å². The lowest BCUT2D eigenvalue weighted by molar-refractivity contribution is 0.190. The van der Waals surface area contributed by atoms with Gasteiger partial charge >= 0.3 is 0 Å². The van der Waals surface area contributed by atoms with E-state index < -0.39 is 0 Å². The molecule has 2 aromatic rings. The van der Waals surface area contributed by atoms with Gasteiger partial charge in [-0.2, -0.15) is 0 Å². The van der Waals surface area contributed by atoms with Gasteiger partial charge in [-0.3, -0.25) is 4.90 Å². The molecule has 118 valence electrons. The van der Waals surface area contributed by atoms with Crippen LogP contribution in [0.4, 0.5) is 0 Å². The molecule has 0 aliphatic heterocycles. The maximum absolute atomic E-state index is 9.99. The number of aliphatic hydroxyl groups excluding tert-OH is 1. The zero-order chi connectivity index (χ0) is 15.8. The van der Waals surface area contributed by atoms with Gasteiger partial charge in [0.2, 0.25) is 0 Å². The lowest BCUT2D eigenvalue weighted by Crippen LogP contribution is -2.28. The average Bonchev–Trinajstić information content (AvgIpc) is 2.55. The molecule has 0 amide bonds. The molecule has 0 aliphatic carbocycles. The average molecular weight is 301 g/mol. The largest absolute Gasteiger partial charge is 0.508 e. The number of nitrogens with zero attached hydrogens (tertiary/aromatic N) is 1. The van der Waals surface area contributed by atoms with Gasteiger partial charge in [0, 0.05) is 25.2 Å². The predicted octanol–water partition coefficient (Wildman–Crippen LogP) is 2.44. The third-order valence-corrected chi connectivity index (χ3v) is 3.66. The monoisotopic (exact) mass is 301 g/mol. The van der Waals surface area contributed by atoms with Crippen LogP contribution in [0.2, 0.25) is 0 Å². The van der Waals surface area contributed by atoms with E-state index in [1.807, 2.05) is 24.3 Å². The van der Waals surface area contributed by atoms with Gasteiger partial charge in [-0.25, -0.2) is 0 Å². The van der Waals surface area contributed by atoms with Gasteiger partial charge in [0.1, 0.15) is 11.5 Å². The molecular formula is C18H23NO3. The van der Waals surface area contributed by atoms with Crippen molar-refractivity contribution in [1.82, 2.24) is 4.90 Å². The summed E-state index contributed by atoms with van der Waals surface area (Å²) in [5.74, 6) is 0.975. The molecule has 0 spiro atoms. The second kappa shape index (κ2) is 8.41. The molecule has 0 radical (unpaired) electrons. The fraction of sp³-hybridized carbons (Fsp3) is 0.333. The second-order valence-electron chi connectivity index (χ2n) is 5.23. The molecular weight excluding hydrogens is 278 g/mol.